The minimum atomic E-state index is -1.09. The SMILES string of the molecule is CC(O)(CNC(=O)Nc1cnn(C(C)(C)C)c1)c1ccsc1. The molecule has 6 nitrogen and oxygen atoms in total. The van der Waals surface area contributed by atoms with E-state index in [1.807, 2.05) is 37.6 Å². The number of carbonyl (C=O) groups excluding carboxylic acids is 1. The maximum absolute atomic E-state index is 11.9. The molecule has 3 N–H and O–H groups in total. The third kappa shape index (κ3) is 4.08. The molecule has 1 atom stereocenters. The maximum Gasteiger partial charge on any atom is 0.319 e. The number of nitrogens with one attached hydrogen (secondary N) is 2. The number of hydrogen-bond acceptors (Lipinski definition) is 4. The lowest BCUT2D eigenvalue weighted by Crippen LogP contribution is -2.40. The molecule has 2 heterocycles. The lowest BCUT2D eigenvalue weighted by Gasteiger charge is -2.22. The summed E-state index contributed by atoms with van der Waals surface area (Å²) in [6.45, 7) is 7.89. The largest absolute Gasteiger partial charge is 0.384 e. The number of amides is 2. The summed E-state index contributed by atoms with van der Waals surface area (Å²) < 4.78 is 1.78. The molecule has 0 radical (unpaired) electrons. The van der Waals surface area contributed by atoms with Crippen LogP contribution in [0, 0.1) is 0 Å². The first kappa shape index (κ1) is 16.5. The van der Waals surface area contributed by atoms with Crippen LogP contribution in [0.3, 0.4) is 0 Å². The highest BCUT2D eigenvalue weighted by Crippen LogP contribution is 2.22. The second-order valence-electron chi connectivity index (χ2n) is 6.44. The Morgan fingerprint density at radius 3 is 2.68 bits per heavy atom. The molecule has 1 unspecified atom stereocenters. The zero-order valence-corrected chi connectivity index (χ0v) is 14.1. The molecular weight excluding hydrogens is 300 g/mol. The fraction of sp³-hybridized carbons (Fsp3) is 0.467. The second kappa shape index (κ2) is 6.10. The van der Waals surface area contributed by atoms with Crippen molar-refractivity contribution in [1.82, 2.24) is 15.1 Å². The van der Waals surface area contributed by atoms with Gasteiger partial charge in [0.2, 0.25) is 0 Å². The summed E-state index contributed by atoms with van der Waals surface area (Å²) in [5, 5.41) is 23.7. The minimum Gasteiger partial charge on any atom is -0.384 e. The summed E-state index contributed by atoms with van der Waals surface area (Å²) in [5.41, 5.74) is 0.173. The molecule has 22 heavy (non-hydrogen) atoms. The van der Waals surface area contributed by atoms with Gasteiger partial charge in [0, 0.05) is 6.20 Å². The first-order chi connectivity index (χ1) is 10.2. The fourth-order valence-corrected chi connectivity index (χ4v) is 2.64. The van der Waals surface area contributed by atoms with Crippen molar-refractivity contribution in [3.63, 3.8) is 0 Å². The first-order valence-corrected chi connectivity index (χ1v) is 7.98. The molecule has 0 spiro atoms. The van der Waals surface area contributed by atoms with E-state index >= 15 is 0 Å². The van der Waals surface area contributed by atoms with E-state index in [9.17, 15) is 9.90 Å². The van der Waals surface area contributed by atoms with E-state index in [4.69, 9.17) is 0 Å². The monoisotopic (exact) mass is 322 g/mol. The molecule has 0 saturated carbocycles. The molecule has 0 fully saturated rings. The van der Waals surface area contributed by atoms with Crippen LogP contribution in [0.4, 0.5) is 10.5 Å². The normalized spacial score (nSPS) is 14.4. The van der Waals surface area contributed by atoms with Crippen molar-refractivity contribution in [2.45, 2.75) is 38.8 Å². The first-order valence-electron chi connectivity index (χ1n) is 7.03. The molecular formula is C15H22N4O2S. The molecule has 120 valence electrons. The maximum atomic E-state index is 11.9. The van der Waals surface area contributed by atoms with Gasteiger partial charge in [0.15, 0.2) is 0 Å². The number of anilines is 1. The Bertz CT molecular complexity index is 626. The molecule has 7 heteroatoms. The summed E-state index contributed by atoms with van der Waals surface area (Å²) in [4.78, 5) is 11.9. The molecule has 2 amide bonds. The summed E-state index contributed by atoms with van der Waals surface area (Å²) in [7, 11) is 0. The standard InChI is InChI=1S/C15H22N4O2S/c1-14(2,3)19-8-12(7-17-19)18-13(20)16-10-15(4,21)11-5-6-22-9-11/h5-9,21H,10H2,1-4H3,(H2,16,18,20). The van der Waals surface area contributed by atoms with E-state index in [-0.39, 0.29) is 18.1 Å². The lowest BCUT2D eigenvalue weighted by molar-refractivity contribution is 0.0604. The van der Waals surface area contributed by atoms with Crippen LogP contribution in [0.2, 0.25) is 0 Å². The van der Waals surface area contributed by atoms with Gasteiger partial charge in [-0.3, -0.25) is 4.68 Å². The topological polar surface area (TPSA) is 79.2 Å². The Hall–Kier alpha value is -1.86. The Morgan fingerprint density at radius 1 is 1.41 bits per heavy atom. The van der Waals surface area contributed by atoms with E-state index in [1.165, 1.54) is 11.3 Å². The quantitative estimate of drug-likeness (QED) is 0.810. The van der Waals surface area contributed by atoms with Crippen molar-refractivity contribution < 1.29 is 9.90 Å². The number of hydrogen-bond donors (Lipinski definition) is 3. The summed E-state index contributed by atoms with van der Waals surface area (Å²) in [6.07, 6.45) is 3.37. The molecule has 2 aromatic heterocycles. The van der Waals surface area contributed by atoms with Gasteiger partial charge in [-0.25, -0.2) is 4.79 Å². The van der Waals surface area contributed by atoms with E-state index in [0.29, 0.717) is 5.69 Å². The van der Waals surface area contributed by atoms with E-state index in [2.05, 4.69) is 15.7 Å². The molecule has 0 saturated heterocycles. The minimum absolute atomic E-state index is 0.128. The highest BCUT2D eigenvalue weighted by molar-refractivity contribution is 7.08. The predicted molar refractivity (Wildman–Crippen MR) is 88.1 cm³/mol. The van der Waals surface area contributed by atoms with Crippen molar-refractivity contribution >= 4 is 23.1 Å². The number of aliphatic hydroxyl groups is 1. The van der Waals surface area contributed by atoms with Crippen molar-refractivity contribution in [2.75, 3.05) is 11.9 Å². The smallest absolute Gasteiger partial charge is 0.319 e. The Morgan fingerprint density at radius 2 is 2.14 bits per heavy atom. The third-order valence-electron chi connectivity index (χ3n) is 3.26. The van der Waals surface area contributed by atoms with Crippen molar-refractivity contribution in [2.24, 2.45) is 0 Å². The molecule has 0 bridgehead atoms. The Kier molecular flexibility index (Phi) is 4.58. The zero-order valence-electron chi connectivity index (χ0n) is 13.3. The second-order valence-corrected chi connectivity index (χ2v) is 7.22. The van der Waals surface area contributed by atoms with Gasteiger partial charge in [0.05, 0.1) is 24.0 Å². The Labute approximate surface area is 134 Å². The average molecular weight is 322 g/mol. The van der Waals surface area contributed by atoms with E-state index in [1.54, 1.807) is 24.0 Å². The third-order valence-corrected chi connectivity index (χ3v) is 3.95. The van der Waals surface area contributed by atoms with Gasteiger partial charge in [0.1, 0.15) is 5.60 Å². The van der Waals surface area contributed by atoms with Gasteiger partial charge in [-0.15, -0.1) is 0 Å². The van der Waals surface area contributed by atoms with Crippen LogP contribution in [0.15, 0.2) is 29.2 Å². The molecule has 2 rings (SSSR count). The van der Waals surface area contributed by atoms with Crippen LogP contribution in [-0.4, -0.2) is 27.5 Å². The molecule has 0 aliphatic rings. The van der Waals surface area contributed by atoms with Gasteiger partial charge >= 0.3 is 6.03 Å². The summed E-state index contributed by atoms with van der Waals surface area (Å²) in [6, 6.07) is 1.47. The van der Waals surface area contributed by atoms with Crippen molar-refractivity contribution in [3.05, 3.63) is 34.8 Å². The molecule has 2 aromatic rings. The van der Waals surface area contributed by atoms with Gasteiger partial charge < -0.3 is 15.7 Å². The number of nitrogens with zero attached hydrogens (tertiary/aromatic N) is 2. The van der Waals surface area contributed by atoms with Gasteiger partial charge in [-0.05, 0) is 50.1 Å². The van der Waals surface area contributed by atoms with Crippen molar-refractivity contribution in [1.29, 1.82) is 0 Å². The van der Waals surface area contributed by atoms with Crippen LogP contribution >= 0.6 is 11.3 Å². The predicted octanol–water partition coefficient (Wildman–Crippen LogP) is 2.73. The fourth-order valence-electron chi connectivity index (χ4n) is 1.85. The van der Waals surface area contributed by atoms with Crippen LogP contribution in [0.1, 0.15) is 33.3 Å². The van der Waals surface area contributed by atoms with Crippen LogP contribution in [0.5, 0.6) is 0 Å². The molecule has 0 aliphatic carbocycles. The highest BCUT2D eigenvalue weighted by Gasteiger charge is 2.24. The summed E-state index contributed by atoms with van der Waals surface area (Å²) >= 11 is 1.51. The molecule has 0 aromatic carbocycles. The zero-order chi connectivity index (χ0) is 16.4. The Balaban J connectivity index is 1.90. The number of carbonyl (C=O) groups is 1. The molecule has 0 aliphatic heterocycles. The number of aromatic nitrogens is 2. The van der Waals surface area contributed by atoms with E-state index in [0.717, 1.165) is 5.56 Å². The van der Waals surface area contributed by atoms with Crippen LogP contribution in [-0.2, 0) is 11.1 Å². The van der Waals surface area contributed by atoms with Gasteiger partial charge in [-0.1, -0.05) is 0 Å². The number of urea groups is 1. The van der Waals surface area contributed by atoms with Gasteiger partial charge in [-0.2, -0.15) is 16.4 Å². The van der Waals surface area contributed by atoms with Gasteiger partial charge in [0.25, 0.3) is 0 Å². The average Bonchev–Trinajstić information content (AvgIpc) is 3.06. The summed E-state index contributed by atoms with van der Waals surface area (Å²) in [5.74, 6) is 0. The van der Waals surface area contributed by atoms with Crippen molar-refractivity contribution in [3.8, 4) is 0 Å². The lowest BCUT2D eigenvalue weighted by atomic mass is 9.99. The highest BCUT2D eigenvalue weighted by atomic mass is 32.1. The number of rotatable bonds is 4. The van der Waals surface area contributed by atoms with Crippen LogP contribution in [0.25, 0.3) is 0 Å². The van der Waals surface area contributed by atoms with Crippen LogP contribution < -0.4 is 10.6 Å². The van der Waals surface area contributed by atoms with E-state index < -0.39 is 5.60 Å². The number of thiophene rings is 1.